The van der Waals surface area contributed by atoms with Crippen LogP contribution in [-0.4, -0.2) is 31.0 Å². The summed E-state index contributed by atoms with van der Waals surface area (Å²) in [5.74, 6) is 0.337. The van der Waals surface area contributed by atoms with Crippen LogP contribution in [0.5, 0.6) is 0 Å². The van der Waals surface area contributed by atoms with Gasteiger partial charge >= 0.3 is 0 Å². The van der Waals surface area contributed by atoms with Crippen molar-refractivity contribution in [3.05, 3.63) is 10.4 Å². The van der Waals surface area contributed by atoms with Gasteiger partial charge in [-0.25, -0.2) is 0 Å². The Morgan fingerprint density at radius 3 is 2.92 bits per heavy atom. The third kappa shape index (κ3) is 2.70. The lowest BCUT2D eigenvalue weighted by Crippen LogP contribution is -2.29. The molecule has 12 heavy (non-hydrogen) atoms. The lowest BCUT2D eigenvalue weighted by atomic mass is 9.99. The summed E-state index contributed by atoms with van der Waals surface area (Å²) in [7, 11) is 0. The zero-order valence-electron chi connectivity index (χ0n) is 6.89. The maximum Gasteiger partial charge on any atom is 0.0806 e. The minimum absolute atomic E-state index is 0.00712. The molecule has 0 bridgehead atoms. The van der Waals surface area contributed by atoms with Crippen LogP contribution in [-0.2, 0) is 4.74 Å². The third-order valence-corrected chi connectivity index (χ3v) is 2.07. The average molecular weight is 171 g/mol. The van der Waals surface area contributed by atoms with Crippen LogP contribution in [0.15, 0.2) is 5.11 Å². The van der Waals surface area contributed by atoms with Gasteiger partial charge in [0.2, 0.25) is 0 Å². The molecule has 1 rings (SSSR count). The van der Waals surface area contributed by atoms with Crippen LogP contribution in [0.3, 0.4) is 0 Å². The van der Waals surface area contributed by atoms with E-state index in [4.69, 9.17) is 15.4 Å². The second-order valence-corrected chi connectivity index (χ2v) is 2.99. The fourth-order valence-corrected chi connectivity index (χ4v) is 1.30. The fourth-order valence-electron chi connectivity index (χ4n) is 1.30. The molecule has 0 aliphatic carbocycles. The topological polar surface area (TPSA) is 78.2 Å². The quantitative estimate of drug-likeness (QED) is 0.392. The predicted molar refractivity (Wildman–Crippen MR) is 43.6 cm³/mol. The Bertz CT molecular complexity index is 171. The molecule has 1 saturated heterocycles. The van der Waals surface area contributed by atoms with Crippen LogP contribution < -0.4 is 0 Å². The van der Waals surface area contributed by atoms with Crippen molar-refractivity contribution >= 4 is 0 Å². The molecule has 68 valence electrons. The summed E-state index contributed by atoms with van der Waals surface area (Å²) in [5.41, 5.74) is 8.07. The molecular formula is C7H13N3O2. The first-order valence-electron chi connectivity index (χ1n) is 4.10. The Kier molecular flexibility index (Phi) is 3.87. The van der Waals surface area contributed by atoms with E-state index in [1.165, 1.54) is 0 Å². The van der Waals surface area contributed by atoms with Gasteiger partial charge in [0.15, 0.2) is 0 Å². The molecule has 0 aromatic heterocycles. The van der Waals surface area contributed by atoms with Crippen LogP contribution in [0.4, 0.5) is 0 Å². The number of aliphatic hydroxyl groups is 1. The van der Waals surface area contributed by atoms with Crippen LogP contribution in [0.25, 0.3) is 10.4 Å². The van der Waals surface area contributed by atoms with Gasteiger partial charge in [0.05, 0.1) is 19.3 Å². The molecule has 5 nitrogen and oxygen atoms in total. The van der Waals surface area contributed by atoms with Gasteiger partial charge in [-0.05, 0) is 24.3 Å². The molecule has 5 heteroatoms. The molecule has 0 aromatic rings. The molecule has 0 spiro atoms. The van der Waals surface area contributed by atoms with Crippen molar-refractivity contribution in [2.24, 2.45) is 11.0 Å². The van der Waals surface area contributed by atoms with E-state index in [0.29, 0.717) is 19.1 Å². The van der Waals surface area contributed by atoms with Crippen molar-refractivity contribution in [1.29, 1.82) is 0 Å². The van der Waals surface area contributed by atoms with E-state index >= 15 is 0 Å². The average Bonchev–Trinajstić information content (AvgIpc) is 2.15. The van der Waals surface area contributed by atoms with Crippen molar-refractivity contribution in [3.63, 3.8) is 0 Å². The Morgan fingerprint density at radius 1 is 1.58 bits per heavy atom. The van der Waals surface area contributed by atoms with E-state index in [1.807, 2.05) is 0 Å². The van der Waals surface area contributed by atoms with Crippen molar-refractivity contribution < 1.29 is 9.84 Å². The van der Waals surface area contributed by atoms with Crippen molar-refractivity contribution in [3.8, 4) is 0 Å². The van der Waals surface area contributed by atoms with E-state index < -0.39 is 0 Å². The van der Waals surface area contributed by atoms with Gasteiger partial charge in [0.1, 0.15) is 0 Å². The lowest BCUT2D eigenvalue weighted by molar-refractivity contribution is -0.0405. The number of hydrogen-bond acceptors (Lipinski definition) is 3. The molecule has 1 aliphatic rings. The highest BCUT2D eigenvalue weighted by molar-refractivity contribution is 4.71. The molecule has 1 heterocycles. The summed E-state index contributed by atoms with van der Waals surface area (Å²) < 4.78 is 5.30. The van der Waals surface area contributed by atoms with Gasteiger partial charge < -0.3 is 9.84 Å². The van der Waals surface area contributed by atoms with Crippen molar-refractivity contribution in [1.82, 2.24) is 0 Å². The molecular weight excluding hydrogens is 158 g/mol. The summed E-state index contributed by atoms with van der Waals surface area (Å²) >= 11 is 0. The second-order valence-electron chi connectivity index (χ2n) is 2.99. The third-order valence-electron chi connectivity index (χ3n) is 2.07. The zero-order chi connectivity index (χ0) is 8.81. The Balaban J connectivity index is 2.21. The maximum absolute atomic E-state index is 8.75. The molecule has 0 radical (unpaired) electrons. The summed E-state index contributed by atoms with van der Waals surface area (Å²) in [6.45, 7) is 1.20. The Hall–Kier alpha value is -0.770. The van der Waals surface area contributed by atoms with Crippen LogP contribution in [0, 0.1) is 5.92 Å². The largest absolute Gasteiger partial charge is 0.394 e. The molecule has 2 atom stereocenters. The molecule has 2 unspecified atom stereocenters. The van der Waals surface area contributed by atoms with E-state index in [1.54, 1.807) is 0 Å². The van der Waals surface area contributed by atoms with E-state index in [0.717, 1.165) is 12.8 Å². The standard InChI is InChI=1S/C7H13N3O2/c8-10-9-3-6-1-2-7(4-11)12-5-6/h6-7,11H,1-5H2. The van der Waals surface area contributed by atoms with Crippen LogP contribution in [0.2, 0.25) is 0 Å². The summed E-state index contributed by atoms with van der Waals surface area (Å²) in [4.78, 5) is 2.69. The van der Waals surface area contributed by atoms with Gasteiger partial charge in [0.25, 0.3) is 0 Å². The molecule has 1 fully saturated rings. The fraction of sp³-hybridized carbons (Fsp3) is 1.00. The van der Waals surface area contributed by atoms with Crippen LogP contribution in [0.1, 0.15) is 12.8 Å². The first-order chi connectivity index (χ1) is 5.86. The Labute approximate surface area is 71.0 Å². The lowest BCUT2D eigenvalue weighted by Gasteiger charge is -2.26. The Morgan fingerprint density at radius 2 is 2.42 bits per heavy atom. The van der Waals surface area contributed by atoms with Gasteiger partial charge in [-0.3, -0.25) is 0 Å². The van der Waals surface area contributed by atoms with E-state index in [-0.39, 0.29) is 12.7 Å². The highest BCUT2D eigenvalue weighted by atomic mass is 16.5. The van der Waals surface area contributed by atoms with E-state index in [2.05, 4.69) is 10.0 Å². The number of rotatable bonds is 3. The van der Waals surface area contributed by atoms with Gasteiger partial charge in [-0.2, -0.15) is 0 Å². The summed E-state index contributed by atoms with van der Waals surface area (Å²) in [6.07, 6.45) is 1.83. The number of aliphatic hydroxyl groups excluding tert-OH is 1. The molecule has 0 amide bonds. The van der Waals surface area contributed by atoms with Crippen molar-refractivity contribution in [2.45, 2.75) is 18.9 Å². The second kappa shape index (κ2) is 4.98. The highest BCUT2D eigenvalue weighted by Gasteiger charge is 2.19. The monoisotopic (exact) mass is 171 g/mol. The van der Waals surface area contributed by atoms with Gasteiger partial charge in [0, 0.05) is 11.5 Å². The number of hydrogen-bond donors (Lipinski definition) is 1. The molecule has 1 N–H and O–H groups in total. The van der Waals surface area contributed by atoms with E-state index in [9.17, 15) is 0 Å². The SMILES string of the molecule is [N-]=[N+]=NCC1CCC(CO)OC1. The minimum Gasteiger partial charge on any atom is -0.394 e. The minimum atomic E-state index is -0.00712. The number of azide groups is 1. The molecule has 1 aliphatic heterocycles. The first kappa shape index (κ1) is 9.32. The molecule has 0 aromatic carbocycles. The summed E-state index contributed by atoms with van der Waals surface area (Å²) in [5, 5.41) is 12.2. The molecule has 0 saturated carbocycles. The normalized spacial score (nSPS) is 29.4. The smallest absolute Gasteiger partial charge is 0.0806 e. The summed E-state index contributed by atoms with van der Waals surface area (Å²) in [6, 6.07) is 0. The van der Waals surface area contributed by atoms with Crippen LogP contribution >= 0.6 is 0 Å². The zero-order valence-corrected chi connectivity index (χ0v) is 6.89. The van der Waals surface area contributed by atoms with Gasteiger partial charge in [-0.1, -0.05) is 5.11 Å². The first-order valence-corrected chi connectivity index (χ1v) is 4.10. The predicted octanol–water partition coefficient (Wildman–Crippen LogP) is 1.08. The van der Waals surface area contributed by atoms with Crippen molar-refractivity contribution in [2.75, 3.05) is 19.8 Å². The number of ether oxygens (including phenoxy) is 1. The van der Waals surface area contributed by atoms with Gasteiger partial charge in [-0.15, -0.1) is 0 Å². The number of nitrogens with zero attached hydrogens (tertiary/aromatic N) is 3. The highest BCUT2D eigenvalue weighted by Crippen LogP contribution is 2.18. The maximum atomic E-state index is 8.75.